The third kappa shape index (κ3) is 5.79. The second-order valence-corrected chi connectivity index (χ2v) is 12.3. The molecule has 0 aliphatic carbocycles. The van der Waals surface area contributed by atoms with Gasteiger partial charge < -0.3 is 15.0 Å². The average molecular weight is 676 g/mol. The highest BCUT2D eigenvalue weighted by Crippen LogP contribution is 2.55. The Hall–Kier alpha value is -5.57. The number of esters is 1. The molecule has 1 aromatic heterocycles. The number of halogens is 1. The van der Waals surface area contributed by atoms with Crippen LogP contribution in [0.5, 0.6) is 0 Å². The number of fused-ring (bicyclic) bond motifs is 2. The molecule has 4 aromatic carbocycles. The lowest BCUT2D eigenvalue weighted by atomic mass is 9.67. The molecular weight excluding hydrogens is 642 g/mol. The predicted molar refractivity (Wildman–Crippen MR) is 188 cm³/mol. The van der Waals surface area contributed by atoms with Gasteiger partial charge in [-0.3, -0.25) is 20.8 Å². The molecule has 2 heterocycles. The molecule has 49 heavy (non-hydrogen) atoms. The van der Waals surface area contributed by atoms with Crippen molar-refractivity contribution in [3.8, 4) is 0 Å². The Labute approximate surface area is 288 Å². The number of carbonyl (C=O) groups is 2. The van der Waals surface area contributed by atoms with Crippen molar-refractivity contribution in [2.75, 3.05) is 18.1 Å². The zero-order chi connectivity index (χ0) is 34.7. The molecule has 2 unspecified atom stereocenters. The Morgan fingerprint density at radius 1 is 1.04 bits per heavy atom. The number of ether oxygens (including phenoxy) is 1. The molecule has 6 rings (SSSR count). The second-order valence-electron chi connectivity index (χ2n) is 11.9. The first-order chi connectivity index (χ1) is 23.8. The van der Waals surface area contributed by atoms with E-state index in [1.54, 1.807) is 42.2 Å². The Kier molecular flexibility index (Phi) is 9.44. The number of nitro benzene ring substituents is 1. The van der Waals surface area contributed by atoms with Crippen LogP contribution >= 0.6 is 11.6 Å². The van der Waals surface area contributed by atoms with E-state index in [0.29, 0.717) is 46.9 Å². The molecule has 10 nitrogen and oxygen atoms in total. The van der Waals surface area contributed by atoms with E-state index >= 15 is 4.79 Å². The Morgan fingerprint density at radius 3 is 2.43 bits per heavy atom. The van der Waals surface area contributed by atoms with E-state index in [0.717, 1.165) is 17.5 Å². The normalized spacial score (nSPS) is 15.9. The number of anilines is 1. The van der Waals surface area contributed by atoms with Crippen LogP contribution in [-0.4, -0.2) is 40.4 Å². The highest BCUT2D eigenvalue weighted by atomic mass is 35.5. The van der Waals surface area contributed by atoms with Gasteiger partial charge in [0.25, 0.3) is 5.69 Å². The number of benzene rings is 4. The number of carbonyl (C=O) groups excluding carboxylic acids is 2. The van der Waals surface area contributed by atoms with E-state index in [1.165, 1.54) is 12.1 Å². The SMILES string of the molecule is CCCCN1C(=O)C(C(=C=[N-])C(=O)OCC)(C(c2ccc([N+](=O)[O-])cc2)n2c[n+](Cc3ccccc3)c3ccccc32)c2cc(Cl)ccc21. The summed E-state index contributed by atoms with van der Waals surface area (Å²) in [6, 6.07) is 27.4. The minimum atomic E-state index is -1.97. The quantitative estimate of drug-likeness (QED) is 0.0354. The number of nitrogens with zero attached hydrogens (tertiary/aromatic N) is 5. The molecular formula is C38H34ClN5O5. The zero-order valence-electron chi connectivity index (χ0n) is 27.1. The van der Waals surface area contributed by atoms with Gasteiger partial charge in [0, 0.05) is 35.0 Å². The smallest absolute Gasteiger partial charge is 0.341 e. The number of non-ortho nitro benzene ring substituents is 1. The molecule has 0 saturated heterocycles. The fourth-order valence-corrected chi connectivity index (χ4v) is 7.06. The van der Waals surface area contributed by atoms with Crippen LogP contribution in [0.1, 0.15) is 49.4 Å². The first kappa shape index (κ1) is 33.3. The fourth-order valence-electron chi connectivity index (χ4n) is 6.89. The maximum Gasteiger partial charge on any atom is 0.341 e. The molecule has 248 valence electrons. The molecule has 0 radical (unpaired) electrons. The minimum absolute atomic E-state index is 0.0258. The number of para-hydroxylation sites is 2. The Morgan fingerprint density at radius 2 is 1.76 bits per heavy atom. The van der Waals surface area contributed by atoms with Crippen LogP contribution in [0.25, 0.3) is 16.4 Å². The standard InChI is InChI=1S/C38H34ClN5O5/c1-3-5-21-42-32-20-17-28(39)22-30(32)38(37(42)46,31(23-40)36(45)49-4-2)35(27-15-18-29(19-16-27)44(47)48)43-25-41(24-26-11-7-6-8-12-26)33-13-9-10-14-34(33)43/h6-20,22,25,35H,3-5,21,24H2,1-2H3. The number of hydrogen-bond acceptors (Lipinski definition) is 5. The predicted octanol–water partition coefficient (Wildman–Crippen LogP) is 6.94. The van der Waals surface area contributed by atoms with Crippen molar-refractivity contribution in [2.45, 2.75) is 44.7 Å². The van der Waals surface area contributed by atoms with Gasteiger partial charge in [-0.05, 0) is 66.9 Å². The van der Waals surface area contributed by atoms with E-state index in [4.69, 9.17) is 16.3 Å². The largest absolute Gasteiger partial charge is 0.763 e. The lowest BCUT2D eigenvalue weighted by Crippen LogP contribution is -2.50. The van der Waals surface area contributed by atoms with Gasteiger partial charge in [-0.15, -0.1) is 0 Å². The summed E-state index contributed by atoms with van der Waals surface area (Å²) in [5.41, 5.74) is 1.43. The Bertz CT molecular complexity index is 2110. The third-order valence-electron chi connectivity index (χ3n) is 9.01. The van der Waals surface area contributed by atoms with E-state index in [9.17, 15) is 20.3 Å². The minimum Gasteiger partial charge on any atom is -0.763 e. The molecule has 0 spiro atoms. The van der Waals surface area contributed by atoms with Gasteiger partial charge in [-0.25, -0.2) is 13.9 Å². The van der Waals surface area contributed by atoms with Crippen LogP contribution in [0.15, 0.2) is 109 Å². The van der Waals surface area contributed by atoms with Gasteiger partial charge in [0.05, 0.1) is 17.1 Å². The summed E-state index contributed by atoms with van der Waals surface area (Å²) in [4.78, 5) is 42.2. The van der Waals surface area contributed by atoms with Gasteiger partial charge in [-0.2, -0.15) is 0 Å². The first-order valence-electron chi connectivity index (χ1n) is 16.1. The summed E-state index contributed by atoms with van der Waals surface area (Å²) in [5, 5.41) is 23.0. The number of unbranched alkanes of at least 4 members (excludes halogenated alkanes) is 1. The van der Waals surface area contributed by atoms with E-state index in [-0.39, 0.29) is 12.3 Å². The van der Waals surface area contributed by atoms with Crippen LogP contribution in [0.2, 0.25) is 5.02 Å². The van der Waals surface area contributed by atoms with Gasteiger partial charge >= 0.3 is 5.97 Å². The van der Waals surface area contributed by atoms with Crippen LogP contribution < -0.4 is 9.47 Å². The maximum atomic E-state index is 15.4. The van der Waals surface area contributed by atoms with Crippen LogP contribution in [0, 0.1) is 10.1 Å². The summed E-state index contributed by atoms with van der Waals surface area (Å²) < 4.78 is 9.41. The fraction of sp³-hybridized carbons (Fsp3) is 0.237. The van der Waals surface area contributed by atoms with Crippen molar-refractivity contribution in [1.29, 1.82) is 0 Å². The molecule has 1 amide bonds. The molecule has 0 bridgehead atoms. The molecule has 0 N–H and O–H groups in total. The summed E-state index contributed by atoms with van der Waals surface area (Å²) in [6.07, 6.45) is 3.33. The second kappa shape index (κ2) is 13.9. The monoisotopic (exact) mass is 675 g/mol. The lowest BCUT2D eigenvalue weighted by molar-refractivity contribution is -0.663. The molecule has 11 heteroatoms. The summed E-state index contributed by atoms with van der Waals surface area (Å²) >= 11 is 6.66. The van der Waals surface area contributed by atoms with E-state index in [2.05, 4.69) is 5.87 Å². The molecule has 0 fully saturated rings. The van der Waals surface area contributed by atoms with Crippen LogP contribution in [0.4, 0.5) is 11.4 Å². The summed E-state index contributed by atoms with van der Waals surface area (Å²) in [7, 11) is 0. The van der Waals surface area contributed by atoms with Crippen molar-refractivity contribution in [3.05, 3.63) is 146 Å². The third-order valence-corrected chi connectivity index (χ3v) is 9.25. The van der Waals surface area contributed by atoms with Gasteiger partial charge in [0.15, 0.2) is 16.4 Å². The maximum absolute atomic E-state index is 15.4. The van der Waals surface area contributed by atoms with Gasteiger partial charge in [0.2, 0.25) is 12.2 Å². The highest BCUT2D eigenvalue weighted by molar-refractivity contribution is 6.31. The lowest BCUT2D eigenvalue weighted by Gasteiger charge is -2.36. The highest BCUT2D eigenvalue weighted by Gasteiger charge is 2.63. The summed E-state index contributed by atoms with van der Waals surface area (Å²) in [5.74, 6) is 0.688. The summed E-state index contributed by atoms with van der Waals surface area (Å²) in [6.45, 7) is 4.44. The van der Waals surface area contributed by atoms with Crippen molar-refractivity contribution in [2.24, 2.45) is 0 Å². The topological polar surface area (TPSA) is 121 Å². The van der Waals surface area contributed by atoms with Crippen molar-refractivity contribution >= 4 is 51.8 Å². The van der Waals surface area contributed by atoms with Crippen molar-refractivity contribution in [1.82, 2.24) is 4.57 Å². The van der Waals surface area contributed by atoms with Crippen molar-refractivity contribution < 1.29 is 23.8 Å². The molecule has 1 aliphatic rings. The van der Waals surface area contributed by atoms with Crippen molar-refractivity contribution in [3.63, 3.8) is 0 Å². The number of hydrogen-bond donors (Lipinski definition) is 0. The average Bonchev–Trinajstić information content (AvgIpc) is 3.57. The Balaban J connectivity index is 1.74. The number of amides is 1. The van der Waals surface area contributed by atoms with Gasteiger partial charge in [0.1, 0.15) is 12.6 Å². The van der Waals surface area contributed by atoms with Crippen LogP contribution in [-0.2, 0) is 26.3 Å². The van der Waals surface area contributed by atoms with E-state index in [1.807, 2.05) is 77.0 Å². The molecule has 2 atom stereocenters. The number of imidazole rings is 1. The van der Waals surface area contributed by atoms with E-state index < -0.39 is 33.8 Å². The number of nitro groups is 1. The molecule has 5 aromatic rings. The molecule has 1 aliphatic heterocycles. The molecule has 0 saturated carbocycles. The number of rotatable bonds is 12. The van der Waals surface area contributed by atoms with Crippen LogP contribution in [0.3, 0.4) is 0 Å². The van der Waals surface area contributed by atoms with Gasteiger partial charge in [-0.1, -0.05) is 67.4 Å². The zero-order valence-corrected chi connectivity index (χ0v) is 27.8. The first-order valence-corrected chi connectivity index (χ1v) is 16.5. The number of aromatic nitrogens is 2.